The molecule has 0 aliphatic carbocycles. The highest BCUT2D eigenvalue weighted by Crippen LogP contribution is 2.28. The average Bonchev–Trinajstić information content (AvgIpc) is 3.15. The number of carbonyl (C=O) groups excluding carboxylic acids is 1. The molecule has 0 fully saturated rings. The van der Waals surface area contributed by atoms with Gasteiger partial charge in [-0.05, 0) is 35.9 Å². The van der Waals surface area contributed by atoms with Crippen molar-refractivity contribution in [1.29, 1.82) is 0 Å². The standard InChI is InChI=1S/C20H19NO3S/c1-24-16-9-5-8-15(12-16)20(23)21-13-17-10-11-18(25-17)19(22)14-6-3-2-4-7-14/h2-12,19,22H,13H2,1H3,(H,21,23). The highest BCUT2D eigenvalue weighted by molar-refractivity contribution is 7.12. The molecule has 0 aliphatic heterocycles. The lowest BCUT2D eigenvalue weighted by Crippen LogP contribution is -2.22. The smallest absolute Gasteiger partial charge is 0.251 e. The van der Waals surface area contributed by atoms with Gasteiger partial charge < -0.3 is 15.2 Å². The Hall–Kier alpha value is -2.63. The summed E-state index contributed by atoms with van der Waals surface area (Å²) < 4.78 is 5.13. The summed E-state index contributed by atoms with van der Waals surface area (Å²) in [5.74, 6) is 0.495. The van der Waals surface area contributed by atoms with E-state index in [0.717, 1.165) is 15.3 Å². The molecule has 1 atom stereocenters. The van der Waals surface area contributed by atoms with E-state index in [0.29, 0.717) is 17.9 Å². The van der Waals surface area contributed by atoms with Gasteiger partial charge in [0, 0.05) is 15.3 Å². The molecule has 1 amide bonds. The van der Waals surface area contributed by atoms with Crippen molar-refractivity contribution in [2.24, 2.45) is 0 Å². The molecule has 25 heavy (non-hydrogen) atoms. The summed E-state index contributed by atoms with van der Waals surface area (Å²) in [6.45, 7) is 0.419. The SMILES string of the molecule is COc1cccc(C(=O)NCc2ccc(C(O)c3ccccc3)s2)c1. The number of aliphatic hydroxyl groups excluding tert-OH is 1. The molecule has 0 spiro atoms. The topological polar surface area (TPSA) is 58.6 Å². The van der Waals surface area contributed by atoms with E-state index in [1.807, 2.05) is 42.5 Å². The van der Waals surface area contributed by atoms with E-state index < -0.39 is 6.10 Å². The molecule has 128 valence electrons. The van der Waals surface area contributed by atoms with Gasteiger partial charge in [-0.3, -0.25) is 4.79 Å². The predicted molar refractivity (Wildman–Crippen MR) is 99.0 cm³/mol. The molecule has 0 aliphatic rings. The number of benzene rings is 2. The van der Waals surface area contributed by atoms with Crippen LogP contribution >= 0.6 is 11.3 Å². The number of hydrogen-bond acceptors (Lipinski definition) is 4. The first kappa shape index (κ1) is 17.2. The number of hydrogen-bond donors (Lipinski definition) is 2. The van der Waals surface area contributed by atoms with Crippen molar-refractivity contribution in [3.05, 3.63) is 87.6 Å². The van der Waals surface area contributed by atoms with Crippen molar-refractivity contribution < 1.29 is 14.6 Å². The Morgan fingerprint density at radius 2 is 1.92 bits per heavy atom. The van der Waals surface area contributed by atoms with Crippen LogP contribution < -0.4 is 10.1 Å². The predicted octanol–water partition coefficient (Wildman–Crippen LogP) is 3.77. The van der Waals surface area contributed by atoms with Gasteiger partial charge in [-0.25, -0.2) is 0 Å². The van der Waals surface area contributed by atoms with Crippen molar-refractivity contribution in [1.82, 2.24) is 5.32 Å². The third kappa shape index (κ3) is 4.26. The van der Waals surface area contributed by atoms with E-state index in [1.165, 1.54) is 11.3 Å². The Morgan fingerprint density at radius 1 is 1.12 bits per heavy atom. The normalized spacial score (nSPS) is 11.8. The highest BCUT2D eigenvalue weighted by Gasteiger charge is 2.13. The third-order valence-electron chi connectivity index (χ3n) is 3.82. The largest absolute Gasteiger partial charge is 0.497 e. The van der Waals surface area contributed by atoms with Crippen LogP contribution in [0.3, 0.4) is 0 Å². The van der Waals surface area contributed by atoms with E-state index in [2.05, 4.69) is 5.32 Å². The summed E-state index contributed by atoms with van der Waals surface area (Å²) in [7, 11) is 1.57. The van der Waals surface area contributed by atoms with E-state index in [4.69, 9.17) is 4.74 Å². The maximum atomic E-state index is 12.2. The Kier molecular flexibility index (Phi) is 5.48. The first-order valence-corrected chi connectivity index (χ1v) is 8.73. The van der Waals surface area contributed by atoms with Crippen LogP contribution in [0.5, 0.6) is 5.75 Å². The van der Waals surface area contributed by atoms with Crippen LogP contribution in [0.4, 0.5) is 0 Å². The molecule has 1 heterocycles. The van der Waals surface area contributed by atoms with E-state index in [-0.39, 0.29) is 5.91 Å². The van der Waals surface area contributed by atoms with Crippen molar-refractivity contribution in [3.8, 4) is 5.75 Å². The van der Waals surface area contributed by atoms with Gasteiger partial charge in [0.15, 0.2) is 0 Å². The summed E-state index contributed by atoms with van der Waals surface area (Å²) in [5, 5.41) is 13.3. The zero-order chi connectivity index (χ0) is 17.6. The molecule has 1 aromatic heterocycles. The third-order valence-corrected chi connectivity index (χ3v) is 4.96. The molecule has 0 saturated carbocycles. The average molecular weight is 353 g/mol. The summed E-state index contributed by atoms with van der Waals surface area (Å²) in [5.41, 5.74) is 1.41. The van der Waals surface area contributed by atoms with Crippen molar-refractivity contribution in [2.45, 2.75) is 12.6 Å². The molecule has 4 nitrogen and oxygen atoms in total. The molecule has 3 aromatic rings. The number of methoxy groups -OCH3 is 1. The summed E-state index contributed by atoms with van der Waals surface area (Å²) in [4.78, 5) is 14.1. The second kappa shape index (κ2) is 7.96. The lowest BCUT2D eigenvalue weighted by molar-refractivity contribution is 0.0951. The van der Waals surface area contributed by atoms with Crippen LogP contribution in [0.1, 0.15) is 31.8 Å². The van der Waals surface area contributed by atoms with Crippen molar-refractivity contribution in [2.75, 3.05) is 7.11 Å². The minimum absolute atomic E-state index is 0.155. The van der Waals surface area contributed by atoms with E-state index in [9.17, 15) is 9.90 Å². The molecule has 0 radical (unpaired) electrons. The van der Waals surface area contributed by atoms with Gasteiger partial charge >= 0.3 is 0 Å². The van der Waals surface area contributed by atoms with Gasteiger partial charge in [-0.15, -0.1) is 11.3 Å². The molecule has 2 N–H and O–H groups in total. The number of amides is 1. The number of thiophene rings is 1. The van der Waals surface area contributed by atoms with Crippen LogP contribution in [0, 0.1) is 0 Å². The van der Waals surface area contributed by atoms with Crippen molar-refractivity contribution in [3.63, 3.8) is 0 Å². The van der Waals surface area contributed by atoms with Gasteiger partial charge in [0.25, 0.3) is 5.91 Å². The molecule has 5 heteroatoms. The molecule has 2 aromatic carbocycles. The van der Waals surface area contributed by atoms with E-state index in [1.54, 1.807) is 31.4 Å². The fourth-order valence-electron chi connectivity index (χ4n) is 2.47. The van der Waals surface area contributed by atoms with Crippen LogP contribution in [-0.2, 0) is 6.54 Å². The van der Waals surface area contributed by atoms with Gasteiger partial charge in [-0.2, -0.15) is 0 Å². The number of ether oxygens (including phenoxy) is 1. The first-order chi connectivity index (χ1) is 12.2. The van der Waals surface area contributed by atoms with Gasteiger partial charge in [0.2, 0.25) is 0 Å². The number of rotatable bonds is 6. The lowest BCUT2D eigenvalue weighted by Gasteiger charge is -2.08. The zero-order valence-corrected chi connectivity index (χ0v) is 14.6. The second-order valence-corrected chi connectivity index (χ2v) is 6.73. The first-order valence-electron chi connectivity index (χ1n) is 7.91. The molecular weight excluding hydrogens is 334 g/mol. The molecule has 3 rings (SSSR count). The molecule has 1 unspecified atom stereocenters. The van der Waals surface area contributed by atoms with Gasteiger partial charge in [0.05, 0.1) is 13.7 Å². The summed E-state index contributed by atoms with van der Waals surface area (Å²) in [6.07, 6.45) is -0.644. The van der Waals surface area contributed by atoms with Crippen LogP contribution in [0.15, 0.2) is 66.7 Å². The number of aliphatic hydroxyl groups is 1. The zero-order valence-electron chi connectivity index (χ0n) is 13.8. The molecule has 0 saturated heterocycles. The summed E-state index contributed by atoms with van der Waals surface area (Å²) in [6, 6.07) is 20.4. The Bertz CT molecular complexity index is 845. The minimum atomic E-state index is -0.644. The lowest BCUT2D eigenvalue weighted by atomic mass is 10.1. The number of carbonyl (C=O) groups is 1. The second-order valence-electron chi connectivity index (χ2n) is 5.53. The van der Waals surface area contributed by atoms with Crippen LogP contribution in [-0.4, -0.2) is 18.1 Å². The Balaban J connectivity index is 1.62. The Morgan fingerprint density at radius 3 is 2.68 bits per heavy atom. The molecule has 0 bridgehead atoms. The van der Waals surface area contributed by atoms with Crippen molar-refractivity contribution >= 4 is 17.2 Å². The maximum absolute atomic E-state index is 12.2. The van der Waals surface area contributed by atoms with Crippen LogP contribution in [0.25, 0.3) is 0 Å². The minimum Gasteiger partial charge on any atom is -0.497 e. The fourth-order valence-corrected chi connectivity index (χ4v) is 3.44. The monoisotopic (exact) mass is 353 g/mol. The molecular formula is C20H19NO3S. The van der Waals surface area contributed by atoms with E-state index >= 15 is 0 Å². The quantitative estimate of drug-likeness (QED) is 0.709. The summed E-state index contributed by atoms with van der Waals surface area (Å²) >= 11 is 1.49. The maximum Gasteiger partial charge on any atom is 0.251 e. The van der Waals surface area contributed by atoms with Gasteiger partial charge in [0.1, 0.15) is 11.9 Å². The number of nitrogens with one attached hydrogen (secondary N) is 1. The fraction of sp³-hybridized carbons (Fsp3) is 0.150. The Labute approximate surface area is 150 Å². The highest BCUT2D eigenvalue weighted by atomic mass is 32.1. The van der Waals surface area contributed by atoms with Crippen LogP contribution in [0.2, 0.25) is 0 Å². The van der Waals surface area contributed by atoms with Gasteiger partial charge in [-0.1, -0.05) is 36.4 Å².